The van der Waals surface area contributed by atoms with Crippen molar-refractivity contribution in [2.24, 2.45) is 0 Å². The molecule has 0 saturated carbocycles. The van der Waals surface area contributed by atoms with Gasteiger partial charge in [-0.1, -0.05) is 11.6 Å². The zero-order valence-electron chi connectivity index (χ0n) is 8.84. The summed E-state index contributed by atoms with van der Waals surface area (Å²) in [5.41, 5.74) is -0.441. The number of carbonyl (C=O) groups excluding carboxylic acids is 1. The number of benzene rings is 1. The quantitative estimate of drug-likeness (QED) is 0.912. The van der Waals surface area contributed by atoms with Crippen molar-refractivity contribution < 1.29 is 4.79 Å². The Hall–Kier alpha value is -1.05. The van der Waals surface area contributed by atoms with Gasteiger partial charge >= 0.3 is 0 Å². The maximum Gasteiger partial charge on any atom is 0.253 e. The van der Waals surface area contributed by atoms with Gasteiger partial charge in [-0.15, -0.1) is 0 Å². The third kappa shape index (κ3) is 3.22. The Balaban J connectivity index is 2.95. The topological polar surface area (TPSA) is 52.9 Å². The highest BCUT2D eigenvalue weighted by Gasteiger charge is 2.21. The van der Waals surface area contributed by atoms with Crippen LogP contribution in [-0.2, 0) is 0 Å². The number of carbonyl (C=O) groups is 1. The van der Waals surface area contributed by atoms with E-state index in [9.17, 15) is 4.79 Å². The van der Waals surface area contributed by atoms with Gasteiger partial charge in [0.25, 0.3) is 5.91 Å². The second-order valence-electron chi connectivity index (χ2n) is 3.82. The van der Waals surface area contributed by atoms with E-state index in [2.05, 4.69) is 21.2 Å². The lowest BCUT2D eigenvalue weighted by molar-refractivity contribution is 0.0928. The van der Waals surface area contributed by atoms with Crippen molar-refractivity contribution in [3.8, 4) is 6.07 Å². The molecule has 0 aliphatic carbocycles. The van der Waals surface area contributed by atoms with Gasteiger partial charge in [-0.3, -0.25) is 4.79 Å². The smallest absolute Gasteiger partial charge is 0.253 e. The molecule has 1 N–H and O–H groups in total. The third-order valence-electron chi connectivity index (χ3n) is 1.88. The lowest BCUT2D eigenvalue weighted by Crippen LogP contribution is -2.42. The highest BCUT2D eigenvalue weighted by atomic mass is 79.9. The normalized spacial score (nSPS) is 10.7. The van der Waals surface area contributed by atoms with Crippen LogP contribution in [0.15, 0.2) is 22.7 Å². The van der Waals surface area contributed by atoms with Crippen molar-refractivity contribution in [2.45, 2.75) is 19.4 Å². The first kappa shape index (κ1) is 13.0. The zero-order chi connectivity index (χ0) is 12.3. The minimum atomic E-state index is -0.893. The fourth-order valence-electron chi connectivity index (χ4n) is 1.05. The summed E-state index contributed by atoms with van der Waals surface area (Å²) < 4.78 is 0.603. The molecule has 0 saturated heterocycles. The van der Waals surface area contributed by atoms with Crippen molar-refractivity contribution in [1.82, 2.24) is 5.32 Å². The van der Waals surface area contributed by atoms with Crippen LogP contribution >= 0.6 is 27.5 Å². The monoisotopic (exact) mass is 300 g/mol. The Bertz CT molecular complexity index is 466. The second kappa shape index (κ2) is 4.86. The van der Waals surface area contributed by atoms with Gasteiger partial charge in [0, 0.05) is 9.50 Å². The summed E-state index contributed by atoms with van der Waals surface area (Å²) in [7, 11) is 0. The van der Waals surface area contributed by atoms with Crippen LogP contribution in [0.3, 0.4) is 0 Å². The van der Waals surface area contributed by atoms with Gasteiger partial charge < -0.3 is 5.32 Å². The van der Waals surface area contributed by atoms with E-state index in [4.69, 9.17) is 16.9 Å². The molecule has 16 heavy (non-hydrogen) atoms. The molecule has 0 bridgehead atoms. The van der Waals surface area contributed by atoms with E-state index in [0.29, 0.717) is 15.1 Å². The second-order valence-corrected chi connectivity index (χ2v) is 5.11. The number of rotatable bonds is 2. The van der Waals surface area contributed by atoms with Gasteiger partial charge in [-0.05, 0) is 48.0 Å². The summed E-state index contributed by atoms with van der Waals surface area (Å²) in [4.78, 5) is 11.8. The molecule has 1 aromatic carbocycles. The van der Waals surface area contributed by atoms with E-state index < -0.39 is 5.54 Å². The first-order valence-electron chi connectivity index (χ1n) is 4.54. The number of hydrogen-bond acceptors (Lipinski definition) is 2. The molecule has 84 valence electrons. The Morgan fingerprint density at radius 2 is 2.19 bits per heavy atom. The van der Waals surface area contributed by atoms with Crippen LogP contribution in [0.1, 0.15) is 24.2 Å². The molecule has 1 aromatic rings. The van der Waals surface area contributed by atoms with Crippen molar-refractivity contribution in [2.75, 3.05) is 0 Å². The molecular weight excluding hydrogens is 291 g/mol. The van der Waals surface area contributed by atoms with Crippen molar-refractivity contribution in [3.05, 3.63) is 33.3 Å². The molecular formula is C11H10BrClN2O. The first-order valence-corrected chi connectivity index (χ1v) is 5.71. The van der Waals surface area contributed by atoms with E-state index in [1.807, 2.05) is 6.07 Å². The molecule has 0 radical (unpaired) electrons. The van der Waals surface area contributed by atoms with E-state index in [1.54, 1.807) is 32.0 Å². The van der Waals surface area contributed by atoms with Gasteiger partial charge in [0.05, 0.1) is 11.6 Å². The van der Waals surface area contributed by atoms with Crippen molar-refractivity contribution in [1.29, 1.82) is 5.26 Å². The Morgan fingerprint density at radius 3 is 2.69 bits per heavy atom. The maximum atomic E-state index is 11.8. The Kier molecular flexibility index (Phi) is 3.95. The molecule has 5 heteroatoms. The van der Waals surface area contributed by atoms with E-state index in [-0.39, 0.29) is 5.91 Å². The number of nitrogens with zero attached hydrogens (tertiary/aromatic N) is 1. The van der Waals surface area contributed by atoms with Crippen molar-refractivity contribution in [3.63, 3.8) is 0 Å². The average molecular weight is 302 g/mol. The number of amides is 1. The molecule has 1 amide bonds. The van der Waals surface area contributed by atoms with Crippen LogP contribution in [-0.4, -0.2) is 11.4 Å². The van der Waals surface area contributed by atoms with Crippen molar-refractivity contribution >= 4 is 33.4 Å². The standard InChI is InChI=1S/C11H10BrClN2O/c1-11(2,6-14)15-10(16)8-4-3-7(13)5-9(8)12/h3-5H,1-2H3,(H,15,16). The SMILES string of the molecule is CC(C)(C#N)NC(=O)c1ccc(Cl)cc1Br. The fourth-order valence-corrected chi connectivity index (χ4v) is 1.92. The van der Waals surface area contributed by atoms with Gasteiger partial charge in [-0.2, -0.15) is 5.26 Å². The average Bonchev–Trinajstić information content (AvgIpc) is 2.16. The predicted molar refractivity (Wildman–Crippen MR) is 66.3 cm³/mol. The molecule has 0 aliphatic rings. The molecule has 0 aromatic heterocycles. The van der Waals surface area contributed by atoms with Crippen LogP contribution < -0.4 is 5.32 Å². The highest BCUT2D eigenvalue weighted by Crippen LogP contribution is 2.21. The van der Waals surface area contributed by atoms with Crippen LogP contribution in [0, 0.1) is 11.3 Å². The summed E-state index contributed by atoms with van der Waals surface area (Å²) in [5.74, 6) is -0.310. The van der Waals surface area contributed by atoms with E-state index in [0.717, 1.165) is 0 Å². The highest BCUT2D eigenvalue weighted by molar-refractivity contribution is 9.10. The van der Waals surface area contributed by atoms with Gasteiger partial charge in [-0.25, -0.2) is 0 Å². The summed E-state index contributed by atoms with van der Waals surface area (Å²) >= 11 is 9.02. The minimum absolute atomic E-state index is 0.310. The number of hydrogen-bond donors (Lipinski definition) is 1. The zero-order valence-corrected chi connectivity index (χ0v) is 11.2. The number of nitriles is 1. The van der Waals surface area contributed by atoms with Gasteiger partial charge in [0.2, 0.25) is 0 Å². The molecule has 3 nitrogen and oxygen atoms in total. The van der Waals surface area contributed by atoms with E-state index in [1.165, 1.54) is 0 Å². The van der Waals surface area contributed by atoms with Crippen LogP contribution in [0.25, 0.3) is 0 Å². The van der Waals surface area contributed by atoms with Crippen LogP contribution in [0.5, 0.6) is 0 Å². The number of nitrogens with one attached hydrogen (secondary N) is 1. The predicted octanol–water partition coefficient (Wildman–Crippen LogP) is 3.13. The molecule has 0 fully saturated rings. The molecule has 0 spiro atoms. The van der Waals surface area contributed by atoms with Crippen LogP contribution in [0.4, 0.5) is 0 Å². The molecule has 0 unspecified atom stereocenters. The molecule has 0 heterocycles. The maximum absolute atomic E-state index is 11.8. The lowest BCUT2D eigenvalue weighted by Gasteiger charge is -2.17. The summed E-state index contributed by atoms with van der Waals surface area (Å²) in [6, 6.07) is 6.87. The lowest BCUT2D eigenvalue weighted by atomic mass is 10.1. The van der Waals surface area contributed by atoms with Gasteiger partial charge in [0.1, 0.15) is 5.54 Å². The number of halogens is 2. The Morgan fingerprint density at radius 1 is 1.56 bits per heavy atom. The summed E-state index contributed by atoms with van der Waals surface area (Å²) in [5, 5.41) is 12.0. The summed E-state index contributed by atoms with van der Waals surface area (Å²) in [6.07, 6.45) is 0. The van der Waals surface area contributed by atoms with Crippen LogP contribution in [0.2, 0.25) is 5.02 Å². The molecule has 0 aliphatic heterocycles. The summed E-state index contributed by atoms with van der Waals surface area (Å²) in [6.45, 7) is 3.27. The molecule has 0 atom stereocenters. The van der Waals surface area contributed by atoms with E-state index >= 15 is 0 Å². The van der Waals surface area contributed by atoms with Gasteiger partial charge in [0.15, 0.2) is 0 Å². The third-order valence-corrected chi connectivity index (χ3v) is 2.77. The first-order chi connectivity index (χ1) is 7.35. The molecule has 1 rings (SSSR count). The largest absolute Gasteiger partial charge is 0.334 e. The Labute approximate surface area is 108 Å². The fraction of sp³-hybridized carbons (Fsp3) is 0.273. The minimum Gasteiger partial charge on any atom is -0.334 e.